The highest BCUT2D eigenvalue weighted by Crippen LogP contribution is 2.30. The lowest BCUT2D eigenvalue weighted by atomic mass is 9.97. The number of amidine groups is 1. The van der Waals surface area contributed by atoms with Crippen molar-refractivity contribution in [3.05, 3.63) is 65.5 Å². The van der Waals surface area contributed by atoms with Gasteiger partial charge in [-0.2, -0.15) is 5.26 Å². The van der Waals surface area contributed by atoms with Gasteiger partial charge in [-0.1, -0.05) is 42.1 Å². The van der Waals surface area contributed by atoms with Gasteiger partial charge in [0.05, 0.1) is 5.69 Å². The maximum absolute atomic E-state index is 9.51. The minimum atomic E-state index is -0.377. The van der Waals surface area contributed by atoms with Gasteiger partial charge in [0.2, 0.25) is 0 Å². The predicted molar refractivity (Wildman–Crippen MR) is 86.0 cm³/mol. The van der Waals surface area contributed by atoms with Crippen LogP contribution >= 0.6 is 11.8 Å². The molecule has 1 aromatic heterocycles. The first-order chi connectivity index (χ1) is 10.2. The molecule has 0 aliphatic carbocycles. The van der Waals surface area contributed by atoms with Crippen LogP contribution in [0, 0.1) is 23.8 Å². The third-order valence-electron chi connectivity index (χ3n) is 3.23. The average molecular weight is 296 g/mol. The summed E-state index contributed by atoms with van der Waals surface area (Å²) in [5.41, 5.74) is 2.81. The van der Waals surface area contributed by atoms with Crippen LogP contribution in [0.4, 0.5) is 0 Å². The number of benzene rings is 1. The van der Waals surface area contributed by atoms with Crippen LogP contribution in [0.25, 0.3) is 0 Å². The van der Waals surface area contributed by atoms with Gasteiger partial charge in [-0.05, 0) is 36.4 Å². The second kappa shape index (κ2) is 6.91. The van der Waals surface area contributed by atoms with E-state index in [1.54, 1.807) is 12.5 Å². The molecule has 1 aromatic carbocycles. The fourth-order valence-corrected chi connectivity index (χ4v) is 2.52. The summed E-state index contributed by atoms with van der Waals surface area (Å²) in [6.07, 6.45) is 5.62. The molecule has 1 N–H and O–H groups in total. The summed E-state index contributed by atoms with van der Waals surface area (Å²) in [6, 6.07) is 13.1. The van der Waals surface area contributed by atoms with Gasteiger partial charge >= 0.3 is 0 Å². The molecule has 0 spiro atoms. The number of nitriles is 1. The number of aromatic nitrogens is 1. The minimum Gasteiger partial charge on any atom is -0.278 e. The Bertz CT molecular complexity index is 663. The van der Waals surface area contributed by atoms with E-state index in [-0.39, 0.29) is 11.2 Å². The van der Waals surface area contributed by atoms with Crippen LogP contribution in [0.15, 0.2) is 48.7 Å². The van der Waals surface area contributed by atoms with Gasteiger partial charge in [-0.3, -0.25) is 10.4 Å². The van der Waals surface area contributed by atoms with Gasteiger partial charge in [0.15, 0.2) is 11.4 Å². The number of pyridine rings is 1. The molecule has 2 aromatic rings. The largest absolute Gasteiger partial charge is 0.278 e. The van der Waals surface area contributed by atoms with Gasteiger partial charge in [-0.25, -0.2) is 4.90 Å². The quantitative estimate of drug-likeness (QED) is 0.407. The van der Waals surface area contributed by atoms with Gasteiger partial charge < -0.3 is 0 Å². The normalized spacial score (nSPS) is 11.5. The Kier molecular flexibility index (Phi) is 4.96. The van der Waals surface area contributed by atoms with Crippen LogP contribution in [0.2, 0.25) is 0 Å². The fourth-order valence-electron chi connectivity index (χ4n) is 2.18. The number of thioether (sulfide) groups is 1. The van der Waals surface area contributed by atoms with E-state index in [1.165, 1.54) is 16.7 Å². The summed E-state index contributed by atoms with van der Waals surface area (Å²) in [7, 11) is 0. The second-order valence-electron chi connectivity index (χ2n) is 4.49. The summed E-state index contributed by atoms with van der Waals surface area (Å²) in [5.74, 6) is 0. The van der Waals surface area contributed by atoms with E-state index in [9.17, 15) is 5.26 Å². The molecule has 0 aliphatic rings. The first kappa shape index (κ1) is 15.1. The molecule has 0 saturated heterocycles. The maximum atomic E-state index is 9.51. The third-order valence-corrected chi connectivity index (χ3v) is 3.81. The topological polar surface area (TPSA) is 63.8 Å². The van der Waals surface area contributed by atoms with Crippen LogP contribution in [0.3, 0.4) is 0 Å². The van der Waals surface area contributed by atoms with Gasteiger partial charge in [0, 0.05) is 6.20 Å². The van der Waals surface area contributed by atoms with Crippen molar-refractivity contribution in [1.82, 2.24) is 9.88 Å². The van der Waals surface area contributed by atoms with Crippen LogP contribution < -0.4 is 0 Å². The standard InChI is InChI=1S/C16H16N4S/c1-12-7-3-4-8-13(12)15(14-9-5-6-10-19-14)20(11-17)16(18)21-2/h3-10,15,18H,1-2H3. The zero-order chi connectivity index (χ0) is 15.2. The van der Waals surface area contributed by atoms with Crippen LogP contribution in [-0.4, -0.2) is 21.3 Å². The molecule has 0 radical (unpaired) electrons. The average Bonchev–Trinajstić information content (AvgIpc) is 2.53. The molecule has 0 saturated carbocycles. The highest BCUT2D eigenvalue weighted by atomic mass is 32.2. The third kappa shape index (κ3) is 3.23. The van der Waals surface area contributed by atoms with Gasteiger partial charge in [-0.15, -0.1) is 0 Å². The van der Waals surface area contributed by atoms with Crippen molar-refractivity contribution < 1.29 is 0 Å². The molecule has 0 aliphatic heterocycles. The number of hydrogen-bond donors (Lipinski definition) is 1. The summed E-state index contributed by atoms with van der Waals surface area (Å²) in [4.78, 5) is 5.78. The highest BCUT2D eigenvalue weighted by Gasteiger charge is 2.26. The fraction of sp³-hybridized carbons (Fsp3) is 0.188. The molecule has 0 fully saturated rings. The van der Waals surface area contributed by atoms with Crippen molar-refractivity contribution in [2.45, 2.75) is 13.0 Å². The summed E-state index contributed by atoms with van der Waals surface area (Å²) in [6.45, 7) is 2.00. The minimum absolute atomic E-state index is 0.205. The molecular formula is C16H16N4S. The van der Waals surface area contributed by atoms with Crippen molar-refractivity contribution in [1.29, 1.82) is 10.7 Å². The zero-order valence-electron chi connectivity index (χ0n) is 11.9. The van der Waals surface area contributed by atoms with Crippen LogP contribution in [0.1, 0.15) is 22.9 Å². The Balaban J connectivity index is 2.58. The molecule has 2 rings (SSSR count). The Morgan fingerprint density at radius 3 is 2.57 bits per heavy atom. The van der Waals surface area contributed by atoms with Gasteiger partial charge in [0.1, 0.15) is 6.04 Å². The molecule has 1 unspecified atom stereocenters. The molecule has 5 heteroatoms. The Morgan fingerprint density at radius 1 is 1.29 bits per heavy atom. The van der Waals surface area contributed by atoms with E-state index in [4.69, 9.17) is 5.41 Å². The molecule has 0 bridgehead atoms. The van der Waals surface area contributed by atoms with E-state index in [1.807, 2.05) is 49.4 Å². The lowest BCUT2D eigenvalue weighted by molar-refractivity contribution is 0.481. The Labute approximate surface area is 128 Å². The van der Waals surface area contributed by atoms with E-state index in [0.29, 0.717) is 0 Å². The van der Waals surface area contributed by atoms with Crippen molar-refractivity contribution in [3.8, 4) is 6.19 Å². The van der Waals surface area contributed by atoms with E-state index in [0.717, 1.165) is 16.8 Å². The Morgan fingerprint density at radius 2 is 2.00 bits per heavy atom. The lowest BCUT2D eigenvalue weighted by Crippen LogP contribution is -2.30. The summed E-state index contributed by atoms with van der Waals surface area (Å²) in [5, 5.41) is 17.7. The number of nitrogens with zero attached hydrogens (tertiary/aromatic N) is 3. The van der Waals surface area contributed by atoms with Crippen molar-refractivity contribution in [2.24, 2.45) is 0 Å². The monoisotopic (exact) mass is 296 g/mol. The highest BCUT2D eigenvalue weighted by molar-refractivity contribution is 8.13. The first-order valence-electron chi connectivity index (χ1n) is 6.47. The van der Waals surface area contributed by atoms with E-state index in [2.05, 4.69) is 11.2 Å². The predicted octanol–water partition coefficient (Wildman–Crippen LogP) is 3.56. The number of nitrogens with one attached hydrogen (secondary N) is 1. The van der Waals surface area contributed by atoms with Crippen molar-refractivity contribution in [3.63, 3.8) is 0 Å². The smallest absolute Gasteiger partial charge is 0.186 e. The lowest BCUT2D eigenvalue weighted by Gasteiger charge is -2.27. The second-order valence-corrected chi connectivity index (χ2v) is 5.29. The van der Waals surface area contributed by atoms with Crippen molar-refractivity contribution >= 4 is 16.9 Å². The van der Waals surface area contributed by atoms with Gasteiger partial charge in [0.25, 0.3) is 0 Å². The molecule has 0 amide bonds. The van der Waals surface area contributed by atoms with Crippen LogP contribution in [0.5, 0.6) is 0 Å². The molecule has 1 atom stereocenters. The first-order valence-corrected chi connectivity index (χ1v) is 7.69. The molecule has 4 nitrogen and oxygen atoms in total. The summed E-state index contributed by atoms with van der Waals surface area (Å²) >= 11 is 1.24. The summed E-state index contributed by atoms with van der Waals surface area (Å²) < 4.78 is 0. The number of rotatable bonds is 3. The zero-order valence-corrected chi connectivity index (χ0v) is 12.8. The van der Waals surface area contributed by atoms with Crippen LogP contribution in [-0.2, 0) is 0 Å². The number of hydrogen-bond acceptors (Lipinski definition) is 4. The SMILES string of the molecule is CSC(=N)N(C#N)C(c1ccccn1)c1ccccc1C. The Hall–Kier alpha value is -2.32. The number of aryl methyl sites for hydroxylation is 1. The molecule has 106 valence electrons. The molecule has 21 heavy (non-hydrogen) atoms. The van der Waals surface area contributed by atoms with E-state index >= 15 is 0 Å². The molecular weight excluding hydrogens is 280 g/mol. The van der Waals surface area contributed by atoms with E-state index < -0.39 is 0 Å². The molecule has 1 heterocycles. The van der Waals surface area contributed by atoms with Crippen molar-refractivity contribution in [2.75, 3.05) is 6.26 Å². The maximum Gasteiger partial charge on any atom is 0.186 e.